The Kier molecular flexibility index (Phi) is 3.10. The number of hydrogen-bond donors (Lipinski definition) is 1. The van der Waals surface area contributed by atoms with Crippen LogP contribution in [0.4, 0.5) is 5.69 Å². The summed E-state index contributed by atoms with van der Waals surface area (Å²) in [5.74, 6) is 1.04. The van der Waals surface area contributed by atoms with E-state index in [9.17, 15) is 0 Å². The van der Waals surface area contributed by atoms with Crippen LogP contribution >= 0.6 is 0 Å². The van der Waals surface area contributed by atoms with Gasteiger partial charge in [0.25, 0.3) is 0 Å². The summed E-state index contributed by atoms with van der Waals surface area (Å²) in [6, 6.07) is 5.85. The molecule has 2 rings (SSSR count). The van der Waals surface area contributed by atoms with E-state index in [1.54, 1.807) is 7.11 Å². The summed E-state index contributed by atoms with van der Waals surface area (Å²) < 4.78 is 7.28. The van der Waals surface area contributed by atoms with Crippen LogP contribution in [0.1, 0.15) is 19.2 Å². The molecule has 0 fully saturated rings. The molecule has 1 aromatic heterocycles. The summed E-state index contributed by atoms with van der Waals surface area (Å²) in [5.41, 5.74) is 8.57. The minimum absolute atomic E-state index is 0.523. The maximum absolute atomic E-state index is 5.91. The molecule has 16 heavy (non-hydrogen) atoms. The standard InChI is InChI=1S/C12H17N3O/c1-3-5-11-14-12-9(13)6-4-7-10(12)15(11)8-16-2/h4,6-7H,3,5,8,13H2,1-2H3. The maximum Gasteiger partial charge on any atom is 0.124 e. The molecule has 4 heteroatoms. The highest BCUT2D eigenvalue weighted by Crippen LogP contribution is 2.22. The number of nitrogens with zero attached hydrogens (tertiary/aromatic N) is 2. The Balaban J connectivity index is 2.60. The van der Waals surface area contributed by atoms with Crippen LogP contribution in [-0.4, -0.2) is 16.7 Å². The molecule has 0 amide bonds. The molecule has 0 bridgehead atoms. The second-order valence-corrected chi connectivity index (χ2v) is 3.84. The number of hydrogen-bond acceptors (Lipinski definition) is 3. The minimum Gasteiger partial charge on any atom is -0.397 e. The summed E-state index contributed by atoms with van der Waals surface area (Å²) in [7, 11) is 1.69. The summed E-state index contributed by atoms with van der Waals surface area (Å²) >= 11 is 0. The molecule has 4 nitrogen and oxygen atoms in total. The number of benzene rings is 1. The molecule has 0 aliphatic carbocycles. The lowest BCUT2D eigenvalue weighted by Crippen LogP contribution is -2.05. The third-order valence-electron chi connectivity index (χ3n) is 2.62. The van der Waals surface area contributed by atoms with Crippen molar-refractivity contribution < 1.29 is 4.74 Å². The predicted molar refractivity (Wildman–Crippen MR) is 65.1 cm³/mol. The summed E-state index contributed by atoms with van der Waals surface area (Å²) in [4.78, 5) is 4.58. The van der Waals surface area contributed by atoms with E-state index in [0.29, 0.717) is 6.73 Å². The van der Waals surface area contributed by atoms with E-state index < -0.39 is 0 Å². The Hall–Kier alpha value is -1.55. The quantitative estimate of drug-likeness (QED) is 0.802. The number of ether oxygens (including phenoxy) is 1. The van der Waals surface area contributed by atoms with Gasteiger partial charge in [0.15, 0.2) is 0 Å². The smallest absolute Gasteiger partial charge is 0.124 e. The first-order valence-corrected chi connectivity index (χ1v) is 5.50. The second kappa shape index (κ2) is 4.53. The zero-order chi connectivity index (χ0) is 11.5. The van der Waals surface area contributed by atoms with Crippen molar-refractivity contribution in [3.05, 3.63) is 24.0 Å². The first-order chi connectivity index (χ1) is 7.77. The molecule has 0 saturated carbocycles. The molecular weight excluding hydrogens is 202 g/mol. The molecule has 0 radical (unpaired) electrons. The van der Waals surface area contributed by atoms with Gasteiger partial charge in [-0.2, -0.15) is 0 Å². The molecule has 0 atom stereocenters. The Labute approximate surface area is 95.0 Å². The van der Waals surface area contributed by atoms with Crippen LogP contribution in [0.25, 0.3) is 11.0 Å². The average Bonchev–Trinajstić information content (AvgIpc) is 2.61. The molecule has 2 aromatic rings. The van der Waals surface area contributed by atoms with Crippen LogP contribution in [-0.2, 0) is 17.9 Å². The van der Waals surface area contributed by atoms with Crippen molar-refractivity contribution in [1.29, 1.82) is 0 Å². The third-order valence-corrected chi connectivity index (χ3v) is 2.62. The van der Waals surface area contributed by atoms with E-state index in [1.165, 1.54) is 0 Å². The number of nitrogen functional groups attached to an aromatic ring is 1. The van der Waals surface area contributed by atoms with Gasteiger partial charge in [-0.1, -0.05) is 13.0 Å². The summed E-state index contributed by atoms with van der Waals surface area (Å²) in [5, 5.41) is 0. The number of imidazole rings is 1. The maximum atomic E-state index is 5.91. The van der Waals surface area contributed by atoms with E-state index in [1.807, 2.05) is 18.2 Å². The highest BCUT2D eigenvalue weighted by atomic mass is 16.5. The van der Waals surface area contributed by atoms with Crippen LogP contribution in [0.2, 0.25) is 0 Å². The van der Waals surface area contributed by atoms with Crippen LogP contribution < -0.4 is 5.73 Å². The lowest BCUT2D eigenvalue weighted by molar-refractivity contribution is 0.132. The Morgan fingerprint density at radius 1 is 1.44 bits per heavy atom. The molecule has 0 saturated heterocycles. The molecule has 1 heterocycles. The first-order valence-electron chi connectivity index (χ1n) is 5.50. The van der Waals surface area contributed by atoms with Gasteiger partial charge in [0.2, 0.25) is 0 Å². The normalized spacial score (nSPS) is 11.1. The zero-order valence-electron chi connectivity index (χ0n) is 9.73. The van der Waals surface area contributed by atoms with Crippen LogP contribution in [0.5, 0.6) is 0 Å². The van der Waals surface area contributed by atoms with Gasteiger partial charge in [0.1, 0.15) is 18.1 Å². The van der Waals surface area contributed by atoms with Crippen molar-refractivity contribution in [2.75, 3.05) is 12.8 Å². The monoisotopic (exact) mass is 219 g/mol. The van der Waals surface area contributed by atoms with Crippen molar-refractivity contribution in [3.63, 3.8) is 0 Å². The van der Waals surface area contributed by atoms with Gasteiger partial charge in [-0.25, -0.2) is 4.98 Å². The predicted octanol–water partition coefficient (Wildman–Crippen LogP) is 2.17. The van der Waals surface area contributed by atoms with Gasteiger partial charge in [-0.3, -0.25) is 0 Å². The number of para-hydroxylation sites is 1. The summed E-state index contributed by atoms with van der Waals surface area (Å²) in [6.45, 7) is 2.66. The van der Waals surface area contributed by atoms with Gasteiger partial charge in [0, 0.05) is 13.5 Å². The van der Waals surface area contributed by atoms with Crippen LogP contribution in [0, 0.1) is 0 Å². The molecule has 0 spiro atoms. The number of rotatable bonds is 4. The minimum atomic E-state index is 0.523. The fraction of sp³-hybridized carbons (Fsp3) is 0.417. The van der Waals surface area contributed by atoms with E-state index in [-0.39, 0.29) is 0 Å². The fourth-order valence-electron chi connectivity index (χ4n) is 1.90. The zero-order valence-corrected chi connectivity index (χ0v) is 9.73. The van der Waals surface area contributed by atoms with Gasteiger partial charge < -0.3 is 15.0 Å². The Morgan fingerprint density at radius 3 is 2.94 bits per heavy atom. The highest BCUT2D eigenvalue weighted by Gasteiger charge is 2.11. The van der Waals surface area contributed by atoms with E-state index in [0.717, 1.165) is 35.4 Å². The number of fused-ring (bicyclic) bond motifs is 1. The Bertz CT molecular complexity index is 490. The molecule has 0 aliphatic rings. The van der Waals surface area contributed by atoms with Crippen molar-refractivity contribution >= 4 is 16.7 Å². The molecular formula is C12H17N3O. The number of nitrogens with two attached hydrogens (primary N) is 1. The molecule has 1 aromatic carbocycles. The SMILES string of the molecule is CCCc1nc2c(N)cccc2n1COC. The van der Waals surface area contributed by atoms with Crippen LogP contribution in [0.15, 0.2) is 18.2 Å². The van der Waals surface area contributed by atoms with Gasteiger partial charge in [-0.15, -0.1) is 0 Å². The molecule has 0 aliphatic heterocycles. The van der Waals surface area contributed by atoms with Gasteiger partial charge >= 0.3 is 0 Å². The Morgan fingerprint density at radius 2 is 2.25 bits per heavy atom. The van der Waals surface area contributed by atoms with Crippen LogP contribution in [0.3, 0.4) is 0 Å². The van der Waals surface area contributed by atoms with Gasteiger partial charge in [-0.05, 0) is 18.6 Å². The van der Waals surface area contributed by atoms with Gasteiger partial charge in [0.05, 0.1) is 11.2 Å². The third kappa shape index (κ3) is 1.76. The largest absolute Gasteiger partial charge is 0.397 e. The second-order valence-electron chi connectivity index (χ2n) is 3.84. The number of aromatic nitrogens is 2. The van der Waals surface area contributed by atoms with E-state index in [2.05, 4.69) is 16.5 Å². The van der Waals surface area contributed by atoms with E-state index >= 15 is 0 Å². The number of aryl methyl sites for hydroxylation is 1. The topological polar surface area (TPSA) is 53.1 Å². The van der Waals surface area contributed by atoms with E-state index in [4.69, 9.17) is 10.5 Å². The highest BCUT2D eigenvalue weighted by molar-refractivity contribution is 5.87. The molecule has 86 valence electrons. The molecule has 2 N–H and O–H groups in total. The van der Waals surface area contributed by atoms with Crippen molar-refractivity contribution in [2.45, 2.75) is 26.5 Å². The van der Waals surface area contributed by atoms with Crippen molar-refractivity contribution in [3.8, 4) is 0 Å². The summed E-state index contributed by atoms with van der Waals surface area (Å²) in [6.07, 6.45) is 2.00. The molecule has 0 unspecified atom stereocenters. The fourth-order valence-corrected chi connectivity index (χ4v) is 1.90. The number of anilines is 1. The lowest BCUT2D eigenvalue weighted by Gasteiger charge is -2.06. The van der Waals surface area contributed by atoms with Crippen molar-refractivity contribution in [2.24, 2.45) is 0 Å². The lowest BCUT2D eigenvalue weighted by atomic mass is 10.3. The first kappa shape index (κ1) is 11.0. The van der Waals surface area contributed by atoms with Crippen molar-refractivity contribution in [1.82, 2.24) is 9.55 Å². The average molecular weight is 219 g/mol. The number of methoxy groups -OCH3 is 1.